The summed E-state index contributed by atoms with van der Waals surface area (Å²) in [6.07, 6.45) is -0.568. The van der Waals surface area contributed by atoms with Crippen molar-refractivity contribution in [3.63, 3.8) is 0 Å². The number of halogens is 1. The molecule has 0 spiro atoms. The SMILES string of the molecule is COc1cccc(-c2nc3ccc(NCC(O)CCl)cc3[nH]2)c1. The van der Waals surface area contributed by atoms with Gasteiger partial charge >= 0.3 is 0 Å². The molecule has 3 N–H and O–H groups in total. The van der Waals surface area contributed by atoms with E-state index in [9.17, 15) is 5.11 Å². The maximum absolute atomic E-state index is 9.51. The number of rotatable bonds is 6. The molecule has 0 amide bonds. The third-order valence-electron chi connectivity index (χ3n) is 3.54. The monoisotopic (exact) mass is 331 g/mol. The van der Waals surface area contributed by atoms with E-state index in [2.05, 4.69) is 15.3 Å². The lowest BCUT2D eigenvalue weighted by Crippen LogP contribution is -2.20. The Bertz CT molecular complexity index is 803. The number of fused-ring (bicyclic) bond motifs is 1. The first-order valence-electron chi connectivity index (χ1n) is 7.31. The summed E-state index contributed by atoms with van der Waals surface area (Å²) < 4.78 is 5.25. The number of aromatic nitrogens is 2. The summed E-state index contributed by atoms with van der Waals surface area (Å²) in [6, 6.07) is 13.6. The van der Waals surface area contributed by atoms with E-state index < -0.39 is 6.10 Å². The average molecular weight is 332 g/mol. The second-order valence-corrected chi connectivity index (χ2v) is 5.55. The Morgan fingerprint density at radius 2 is 2.17 bits per heavy atom. The third kappa shape index (κ3) is 3.57. The smallest absolute Gasteiger partial charge is 0.138 e. The lowest BCUT2D eigenvalue weighted by molar-refractivity contribution is 0.211. The van der Waals surface area contributed by atoms with Crippen LogP contribution in [0, 0.1) is 0 Å². The van der Waals surface area contributed by atoms with E-state index in [0.29, 0.717) is 6.54 Å². The van der Waals surface area contributed by atoms with Crippen molar-refractivity contribution < 1.29 is 9.84 Å². The number of alkyl halides is 1. The number of nitrogens with one attached hydrogen (secondary N) is 2. The Labute approximate surface area is 139 Å². The van der Waals surface area contributed by atoms with Gasteiger partial charge in [0.05, 0.1) is 30.1 Å². The molecule has 23 heavy (non-hydrogen) atoms. The lowest BCUT2D eigenvalue weighted by Gasteiger charge is -2.09. The van der Waals surface area contributed by atoms with Crippen LogP contribution in [0.15, 0.2) is 42.5 Å². The van der Waals surface area contributed by atoms with Crippen LogP contribution in [0.25, 0.3) is 22.4 Å². The maximum atomic E-state index is 9.51. The van der Waals surface area contributed by atoms with Crippen molar-refractivity contribution in [2.45, 2.75) is 6.10 Å². The van der Waals surface area contributed by atoms with Crippen molar-refractivity contribution >= 4 is 28.3 Å². The number of anilines is 1. The van der Waals surface area contributed by atoms with Crippen LogP contribution in [-0.4, -0.2) is 40.7 Å². The molecule has 1 heterocycles. The Morgan fingerprint density at radius 3 is 2.96 bits per heavy atom. The van der Waals surface area contributed by atoms with Crippen LogP contribution in [0.1, 0.15) is 0 Å². The van der Waals surface area contributed by atoms with E-state index in [1.807, 2.05) is 42.5 Å². The molecule has 3 aromatic rings. The standard InChI is InChI=1S/C17H18ClN3O2/c1-23-14-4-2-3-11(7-14)17-20-15-6-5-12(8-16(15)21-17)19-10-13(22)9-18/h2-8,13,19,22H,9-10H2,1H3,(H,20,21). The number of aliphatic hydroxyl groups is 1. The number of H-pyrrole nitrogens is 1. The van der Waals surface area contributed by atoms with E-state index in [1.165, 1.54) is 0 Å². The normalized spacial score (nSPS) is 12.3. The highest BCUT2D eigenvalue weighted by atomic mass is 35.5. The minimum atomic E-state index is -0.568. The number of ether oxygens (including phenoxy) is 1. The fourth-order valence-electron chi connectivity index (χ4n) is 2.32. The van der Waals surface area contributed by atoms with Crippen molar-refractivity contribution in [2.75, 3.05) is 24.9 Å². The van der Waals surface area contributed by atoms with Crippen LogP contribution in [0.5, 0.6) is 5.75 Å². The van der Waals surface area contributed by atoms with E-state index in [-0.39, 0.29) is 5.88 Å². The van der Waals surface area contributed by atoms with Gasteiger partial charge in [0, 0.05) is 17.8 Å². The summed E-state index contributed by atoms with van der Waals surface area (Å²) in [4.78, 5) is 7.91. The molecule has 0 saturated heterocycles. The number of imidazole rings is 1. The van der Waals surface area contributed by atoms with Gasteiger partial charge in [-0.05, 0) is 30.3 Å². The molecule has 5 nitrogen and oxygen atoms in total. The number of benzene rings is 2. The highest BCUT2D eigenvalue weighted by molar-refractivity contribution is 6.18. The lowest BCUT2D eigenvalue weighted by atomic mass is 10.2. The van der Waals surface area contributed by atoms with Crippen molar-refractivity contribution in [2.24, 2.45) is 0 Å². The molecule has 0 aliphatic heterocycles. The molecule has 0 aliphatic carbocycles. The second-order valence-electron chi connectivity index (χ2n) is 5.24. The van der Waals surface area contributed by atoms with Crippen molar-refractivity contribution in [1.82, 2.24) is 9.97 Å². The molecule has 3 rings (SSSR count). The minimum Gasteiger partial charge on any atom is -0.497 e. The number of aliphatic hydroxyl groups excluding tert-OH is 1. The zero-order valence-corrected chi connectivity index (χ0v) is 13.5. The first-order chi connectivity index (χ1) is 11.2. The molecule has 0 saturated carbocycles. The van der Waals surface area contributed by atoms with Gasteiger partial charge in [0.2, 0.25) is 0 Å². The van der Waals surface area contributed by atoms with E-state index in [4.69, 9.17) is 16.3 Å². The van der Waals surface area contributed by atoms with Gasteiger partial charge in [-0.2, -0.15) is 0 Å². The number of hydrogen-bond donors (Lipinski definition) is 3. The predicted molar refractivity (Wildman–Crippen MR) is 93.3 cm³/mol. The van der Waals surface area contributed by atoms with Crippen molar-refractivity contribution in [1.29, 1.82) is 0 Å². The molecule has 1 atom stereocenters. The largest absolute Gasteiger partial charge is 0.497 e. The first kappa shape index (κ1) is 15.6. The van der Waals surface area contributed by atoms with Crippen LogP contribution in [0.4, 0.5) is 5.69 Å². The second kappa shape index (κ2) is 6.89. The zero-order chi connectivity index (χ0) is 16.2. The van der Waals surface area contributed by atoms with Gasteiger partial charge in [-0.15, -0.1) is 11.6 Å². The number of methoxy groups -OCH3 is 1. The summed E-state index contributed by atoms with van der Waals surface area (Å²) in [6.45, 7) is 0.409. The Kier molecular flexibility index (Phi) is 4.69. The van der Waals surface area contributed by atoms with Crippen LogP contribution in [0.2, 0.25) is 0 Å². The van der Waals surface area contributed by atoms with E-state index >= 15 is 0 Å². The molecule has 0 bridgehead atoms. The minimum absolute atomic E-state index is 0.208. The fraction of sp³-hybridized carbons (Fsp3) is 0.235. The molecular weight excluding hydrogens is 314 g/mol. The van der Waals surface area contributed by atoms with Crippen LogP contribution >= 0.6 is 11.6 Å². The number of nitrogens with zero attached hydrogens (tertiary/aromatic N) is 1. The Hall–Kier alpha value is -2.24. The van der Waals surface area contributed by atoms with Gasteiger partial charge < -0.3 is 20.1 Å². The van der Waals surface area contributed by atoms with Gasteiger partial charge in [0.25, 0.3) is 0 Å². The topological polar surface area (TPSA) is 70.2 Å². The summed E-state index contributed by atoms with van der Waals surface area (Å²) >= 11 is 5.59. The first-order valence-corrected chi connectivity index (χ1v) is 7.85. The molecule has 120 valence electrons. The molecule has 6 heteroatoms. The molecule has 1 aromatic heterocycles. The number of hydrogen-bond acceptors (Lipinski definition) is 4. The maximum Gasteiger partial charge on any atom is 0.138 e. The summed E-state index contributed by atoms with van der Waals surface area (Å²) in [5, 5.41) is 12.7. The molecule has 1 unspecified atom stereocenters. The molecular formula is C17H18ClN3O2. The zero-order valence-electron chi connectivity index (χ0n) is 12.7. The van der Waals surface area contributed by atoms with Crippen LogP contribution in [0.3, 0.4) is 0 Å². The Balaban J connectivity index is 1.86. The summed E-state index contributed by atoms with van der Waals surface area (Å²) in [5.41, 5.74) is 3.68. The summed E-state index contributed by atoms with van der Waals surface area (Å²) in [5.74, 6) is 1.79. The van der Waals surface area contributed by atoms with Gasteiger partial charge in [0.1, 0.15) is 11.6 Å². The van der Waals surface area contributed by atoms with Gasteiger partial charge in [-0.1, -0.05) is 12.1 Å². The van der Waals surface area contributed by atoms with Crippen molar-refractivity contribution in [3.05, 3.63) is 42.5 Å². The fourth-order valence-corrected chi connectivity index (χ4v) is 2.43. The van der Waals surface area contributed by atoms with Crippen LogP contribution < -0.4 is 10.1 Å². The molecule has 0 radical (unpaired) electrons. The predicted octanol–water partition coefficient (Wildman–Crippen LogP) is 3.25. The quantitative estimate of drug-likeness (QED) is 0.606. The third-order valence-corrected chi connectivity index (χ3v) is 3.90. The molecule has 0 aliphatic rings. The van der Waals surface area contributed by atoms with Gasteiger partial charge in [-0.25, -0.2) is 4.98 Å². The van der Waals surface area contributed by atoms with E-state index in [1.54, 1.807) is 7.11 Å². The van der Waals surface area contributed by atoms with E-state index in [0.717, 1.165) is 33.9 Å². The van der Waals surface area contributed by atoms with Gasteiger partial charge in [0.15, 0.2) is 0 Å². The molecule has 2 aromatic carbocycles. The number of aromatic amines is 1. The van der Waals surface area contributed by atoms with Crippen molar-refractivity contribution in [3.8, 4) is 17.1 Å². The molecule has 0 fully saturated rings. The Morgan fingerprint density at radius 1 is 1.30 bits per heavy atom. The van der Waals surface area contributed by atoms with Crippen LogP contribution in [-0.2, 0) is 0 Å². The highest BCUT2D eigenvalue weighted by Crippen LogP contribution is 2.25. The summed E-state index contributed by atoms with van der Waals surface area (Å²) in [7, 11) is 1.64. The van der Waals surface area contributed by atoms with Gasteiger partial charge in [-0.3, -0.25) is 0 Å². The highest BCUT2D eigenvalue weighted by Gasteiger charge is 2.08. The average Bonchev–Trinajstić information content (AvgIpc) is 3.03.